The molecule has 0 amide bonds. The first-order valence-corrected chi connectivity index (χ1v) is 8.30. The van der Waals surface area contributed by atoms with E-state index in [1.165, 1.54) is 0 Å². The molecule has 0 aliphatic heterocycles. The van der Waals surface area contributed by atoms with E-state index >= 15 is 0 Å². The minimum absolute atomic E-state index is 0.00280. The normalized spacial score (nSPS) is 14.1. The molecule has 21 heavy (non-hydrogen) atoms. The maximum absolute atomic E-state index is 12.3. The molecule has 0 bridgehead atoms. The van der Waals surface area contributed by atoms with Crippen LogP contribution in [0, 0.1) is 0 Å². The van der Waals surface area contributed by atoms with Gasteiger partial charge in [0.1, 0.15) is 5.82 Å². The number of sulfonamides is 1. The van der Waals surface area contributed by atoms with Gasteiger partial charge in [-0.05, 0) is 30.0 Å². The molecule has 2 N–H and O–H groups in total. The zero-order valence-electron chi connectivity index (χ0n) is 12.7. The first-order valence-electron chi connectivity index (χ1n) is 6.82. The summed E-state index contributed by atoms with van der Waals surface area (Å²) in [6.45, 7) is 8.02. The van der Waals surface area contributed by atoms with E-state index in [1.807, 2.05) is 12.1 Å². The third kappa shape index (κ3) is 3.71. The van der Waals surface area contributed by atoms with E-state index in [-0.39, 0.29) is 10.3 Å². The summed E-state index contributed by atoms with van der Waals surface area (Å²) >= 11 is 0. The minimum atomic E-state index is -3.56. The van der Waals surface area contributed by atoms with E-state index in [0.717, 1.165) is 5.56 Å². The van der Waals surface area contributed by atoms with E-state index in [4.69, 9.17) is 0 Å². The Hall–Kier alpha value is -1.66. The van der Waals surface area contributed by atoms with Crippen LogP contribution in [0.1, 0.15) is 45.1 Å². The Morgan fingerprint density at radius 2 is 1.81 bits per heavy atom. The molecule has 1 aromatic carbocycles. The van der Waals surface area contributed by atoms with Gasteiger partial charge in [0.05, 0.1) is 10.9 Å². The number of imidazole rings is 1. The molecule has 2 rings (SSSR count). The maximum atomic E-state index is 12.3. The molecule has 1 heterocycles. The van der Waals surface area contributed by atoms with Crippen molar-refractivity contribution in [2.24, 2.45) is 0 Å². The van der Waals surface area contributed by atoms with Crippen LogP contribution in [0.2, 0.25) is 0 Å². The SMILES string of the molecule is C[C@@H](NS(=O)(=O)c1ccc(C(C)(C)C)cc1)c1ncc[nH]1. The van der Waals surface area contributed by atoms with E-state index < -0.39 is 16.1 Å². The molecular formula is C15H21N3O2S. The predicted molar refractivity (Wildman–Crippen MR) is 82.5 cm³/mol. The van der Waals surface area contributed by atoms with Gasteiger partial charge in [-0.15, -0.1) is 0 Å². The van der Waals surface area contributed by atoms with Crippen molar-refractivity contribution in [3.05, 3.63) is 48.0 Å². The number of benzene rings is 1. The zero-order valence-corrected chi connectivity index (χ0v) is 13.5. The van der Waals surface area contributed by atoms with Crippen LogP contribution < -0.4 is 4.72 Å². The van der Waals surface area contributed by atoms with Crippen LogP contribution in [-0.2, 0) is 15.4 Å². The Labute approximate surface area is 125 Å². The third-order valence-corrected chi connectivity index (χ3v) is 4.85. The molecule has 5 nitrogen and oxygen atoms in total. The summed E-state index contributed by atoms with van der Waals surface area (Å²) in [4.78, 5) is 7.22. The topological polar surface area (TPSA) is 74.8 Å². The summed E-state index contributed by atoms with van der Waals surface area (Å²) in [6.07, 6.45) is 3.26. The van der Waals surface area contributed by atoms with Crippen molar-refractivity contribution < 1.29 is 8.42 Å². The number of nitrogens with zero attached hydrogens (tertiary/aromatic N) is 1. The zero-order chi connectivity index (χ0) is 15.7. The molecule has 0 aliphatic carbocycles. The second kappa shape index (κ2) is 5.61. The lowest BCUT2D eigenvalue weighted by Gasteiger charge is -2.19. The second-order valence-electron chi connectivity index (χ2n) is 6.09. The van der Waals surface area contributed by atoms with Crippen molar-refractivity contribution in [1.29, 1.82) is 0 Å². The van der Waals surface area contributed by atoms with Gasteiger partial charge in [-0.3, -0.25) is 0 Å². The fourth-order valence-electron chi connectivity index (χ4n) is 2.00. The van der Waals surface area contributed by atoms with Gasteiger partial charge in [0, 0.05) is 12.4 Å². The van der Waals surface area contributed by atoms with E-state index in [1.54, 1.807) is 31.5 Å². The predicted octanol–water partition coefficient (Wildman–Crippen LogP) is 2.75. The Balaban J connectivity index is 2.20. The van der Waals surface area contributed by atoms with Gasteiger partial charge in [-0.2, -0.15) is 0 Å². The van der Waals surface area contributed by atoms with E-state index in [0.29, 0.717) is 5.82 Å². The Bertz CT molecular complexity index is 684. The molecule has 114 valence electrons. The first-order chi connectivity index (χ1) is 9.70. The van der Waals surface area contributed by atoms with Gasteiger partial charge in [0.15, 0.2) is 0 Å². The average molecular weight is 307 g/mol. The molecule has 1 aromatic heterocycles. The molecule has 0 saturated carbocycles. The average Bonchev–Trinajstić information content (AvgIpc) is 2.91. The third-order valence-electron chi connectivity index (χ3n) is 3.29. The molecule has 1 atom stereocenters. The van der Waals surface area contributed by atoms with Crippen LogP contribution in [0.5, 0.6) is 0 Å². The fourth-order valence-corrected chi connectivity index (χ4v) is 3.21. The van der Waals surface area contributed by atoms with Crippen molar-refractivity contribution in [2.45, 2.75) is 44.0 Å². The van der Waals surface area contributed by atoms with Crippen molar-refractivity contribution in [1.82, 2.24) is 14.7 Å². The molecule has 6 heteroatoms. The van der Waals surface area contributed by atoms with E-state index in [2.05, 4.69) is 35.5 Å². The summed E-state index contributed by atoms with van der Waals surface area (Å²) in [5, 5.41) is 0. The summed E-state index contributed by atoms with van der Waals surface area (Å²) < 4.78 is 27.3. The summed E-state index contributed by atoms with van der Waals surface area (Å²) in [6, 6.07) is 6.57. The highest BCUT2D eigenvalue weighted by Gasteiger charge is 2.20. The fraction of sp³-hybridized carbons (Fsp3) is 0.400. The molecule has 0 saturated heterocycles. The van der Waals surface area contributed by atoms with Gasteiger partial charge >= 0.3 is 0 Å². The first kappa shape index (κ1) is 15.7. The standard InChI is InChI=1S/C15H21N3O2S/c1-11(14-16-9-10-17-14)18-21(19,20)13-7-5-12(6-8-13)15(2,3)4/h5-11,18H,1-4H3,(H,16,17)/t11-/m1/s1. The number of H-pyrrole nitrogens is 1. The van der Waals surface area contributed by atoms with E-state index in [9.17, 15) is 8.42 Å². The lowest BCUT2D eigenvalue weighted by atomic mass is 9.87. The summed E-state index contributed by atoms with van der Waals surface area (Å²) in [7, 11) is -3.56. The van der Waals surface area contributed by atoms with Crippen LogP contribution in [-0.4, -0.2) is 18.4 Å². The highest BCUT2D eigenvalue weighted by molar-refractivity contribution is 7.89. The van der Waals surface area contributed by atoms with Crippen LogP contribution in [0.15, 0.2) is 41.6 Å². The van der Waals surface area contributed by atoms with Gasteiger partial charge in [0.25, 0.3) is 0 Å². The molecule has 0 fully saturated rings. The van der Waals surface area contributed by atoms with Crippen molar-refractivity contribution in [2.75, 3.05) is 0 Å². The van der Waals surface area contributed by atoms with Crippen LogP contribution in [0.3, 0.4) is 0 Å². The molecule has 0 radical (unpaired) electrons. The lowest BCUT2D eigenvalue weighted by molar-refractivity contribution is 0.560. The van der Waals surface area contributed by atoms with Gasteiger partial charge < -0.3 is 4.98 Å². The largest absolute Gasteiger partial charge is 0.347 e. The molecule has 0 aliphatic rings. The van der Waals surface area contributed by atoms with Gasteiger partial charge in [-0.1, -0.05) is 32.9 Å². The molecular weight excluding hydrogens is 286 g/mol. The molecule has 0 unspecified atom stereocenters. The van der Waals surface area contributed by atoms with Crippen molar-refractivity contribution in [3.8, 4) is 0 Å². The Kier molecular flexibility index (Phi) is 4.20. The maximum Gasteiger partial charge on any atom is 0.241 e. The Morgan fingerprint density at radius 1 is 1.19 bits per heavy atom. The number of hydrogen-bond acceptors (Lipinski definition) is 3. The molecule has 2 aromatic rings. The summed E-state index contributed by atoms with van der Waals surface area (Å²) in [5.74, 6) is 0.588. The number of rotatable bonds is 4. The number of aromatic nitrogens is 2. The van der Waals surface area contributed by atoms with Crippen LogP contribution >= 0.6 is 0 Å². The van der Waals surface area contributed by atoms with Crippen molar-refractivity contribution >= 4 is 10.0 Å². The quantitative estimate of drug-likeness (QED) is 0.912. The minimum Gasteiger partial charge on any atom is -0.347 e. The van der Waals surface area contributed by atoms with Crippen LogP contribution in [0.4, 0.5) is 0 Å². The van der Waals surface area contributed by atoms with Gasteiger partial charge in [-0.25, -0.2) is 18.1 Å². The monoisotopic (exact) mass is 307 g/mol. The smallest absolute Gasteiger partial charge is 0.241 e. The highest BCUT2D eigenvalue weighted by Crippen LogP contribution is 2.23. The number of aromatic amines is 1. The molecule has 0 spiro atoms. The number of hydrogen-bond donors (Lipinski definition) is 2. The highest BCUT2D eigenvalue weighted by atomic mass is 32.2. The van der Waals surface area contributed by atoms with Gasteiger partial charge in [0.2, 0.25) is 10.0 Å². The second-order valence-corrected chi connectivity index (χ2v) is 7.81. The van der Waals surface area contributed by atoms with Crippen LogP contribution in [0.25, 0.3) is 0 Å². The van der Waals surface area contributed by atoms with Crippen molar-refractivity contribution in [3.63, 3.8) is 0 Å². The summed E-state index contributed by atoms with van der Waals surface area (Å²) in [5.41, 5.74) is 1.09. The lowest BCUT2D eigenvalue weighted by Crippen LogP contribution is -2.27. The number of nitrogens with one attached hydrogen (secondary N) is 2. The Morgan fingerprint density at radius 3 is 2.29 bits per heavy atom.